The Morgan fingerprint density at radius 3 is 2.68 bits per heavy atom. The van der Waals surface area contributed by atoms with Crippen molar-refractivity contribution in [3.63, 3.8) is 0 Å². The van der Waals surface area contributed by atoms with Crippen LogP contribution in [0.4, 0.5) is 5.69 Å². The lowest BCUT2D eigenvalue weighted by molar-refractivity contribution is -0.384. The van der Waals surface area contributed by atoms with Crippen LogP contribution < -0.4 is 15.9 Å². The molecule has 0 spiro atoms. The number of hydrazone groups is 1. The quantitative estimate of drug-likeness (QED) is 0.629. The molecule has 28 heavy (non-hydrogen) atoms. The number of benzene rings is 2. The molecule has 9 heteroatoms. The Balaban J connectivity index is 1.85. The van der Waals surface area contributed by atoms with Crippen molar-refractivity contribution in [3.05, 3.63) is 74.8 Å². The first-order chi connectivity index (χ1) is 13.6. The largest absolute Gasteiger partial charge is 0.298 e. The van der Waals surface area contributed by atoms with E-state index in [2.05, 4.69) is 17.3 Å². The Bertz CT molecular complexity index is 1100. The standard InChI is InChI=1S/C19H17N5O3S/c1-2-11-28-19-21-18(25)16-14-5-3-4-6-15(14)20-17(23(16)22-19)12-7-9-13(10-8-12)24(26)27/h3-10,17H,2,11H2,1H3,(H,21,22,25)/t17-/m0/s1. The van der Waals surface area contributed by atoms with Crippen molar-refractivity contribution in [2.24, 2.45) is 10.1 Å². The molecule has 1 amide bonds. The summed E-state index contributed by atoms with van der Waals surface area (Å²) in [4.78, 5) is 28.1. The van der Waals surface area contributed by atoms with E-state index in [4.69, 9.17) is 4.99 Å². The number of amidine groups is 1. The number of thioether (sulfide) groups is 1. The van der Waals surface area contributed by atoms with E-state index in [-0.39, 0.29) is 11.6 Å². The Labute approximate surface area is 164 Å². The Morgan fingerprint density at radius 1 is 1.21 bits per heavy atom. The topological polar surface area (TPSA) is 100 Å². The third kappa shape index (κ3) is 3.24. The number of hydrogen-bond acceptors (Lipinski definition) is 7. The minimum absolute atomic E-state index is 0.00300. The van der Waals surface area contributed by atoms with Crippen LogP contribution in [0.5, 0.6) is 0 Å². The number of nitrogens with one attached hydrogen (secondary N) is 1. The van der Waals surface area contributed by atoms with Crippen LogP contribution in [0.15, 0.2) is 58.6 Å². The molecule has 142 valence electrons. The molecule has 0 bridgehead atoms. The molecule has 0 aliphatic carbocycles. The lowest BCUT2D eigenvalue weighted by atomic mass is 10.1. The van der Waals surface area contributed by atoms with Gasteiger partial charge in [0.2, 0.25) is 0 Å². The zero-order chi connectivity index (χ0) is 19.7. The molecule has 1 atom stereocenters. The molecule has 0 fully saturated rings. The maximum absolute atomic E-state index is 12.9. The van der Waals surface area contributed by atoms with Gasteiger partial charge in [0.1, 0.15) is 5.70 Å². The van der Waals surface area contributed by atoms with Crippen molar-refractivity contribution in [2.45, 2.75) is 19.5 Å². The highest BCUT2D eigenvalue weighted by atomic mass is 32.2. The van der Waals surface area contributed by atoms with Gasteiger partial charge in [-0.25, -0.2) is 5.01 Å². The Kier molecular flexibility index (Phi) is 4.82. The summed E-state index contributed by atoms with van der Waals surface area (Å²) >= 11 is 1.47. The van der Waals surface area contributed by atoms with Gasteiger partial charge in [-0.3, -0.25) is 25.2 Å². The second-order valence-corrected chi connectivity index (χ2v) is 7.35. The van der Waals surface area contributed by atoms with E-state index in [1.807, 2.05) is 24.3 Å². The molecule has 2 aromatic rings. The van der Waals surface area contributed by atoms with Crippen LogP contribution in [0.25, 0.3) is 5.70 Å². The summed E-state index contributed by atoms with van der Waals surface area (Å²) < 4.78 is 0. The molecule has 2 aromatic carbocycles. The third-order valence-corrected chi connectivity index (χ3v) is 5.43. The highest BCUT2D eigenvalue weighted by Gasteiger charge is 2.34. The van der Waals surface area contributed by atoms with Crippen molar-refractivity contribution < 1.29 is 9.72 Å². The van der Waals surface area contributed by atoms with Gasteiger partial charge in [0.25, 0.3) is 11.6 Å². The number of fused-ring (bicyclic) bond motifs is 2. The Hall–Kier alpha value is -3.20. The first-order valence-corrected chi connectivity index (χ1v) is 9.80. The fraction of sp³-hybridized carbons (Fsp3) is 0.211. The number of non-ortho nitro benzene ring substituents is 1. The van der Waals surface area contributed by atoms with E-state index in [0.717, 1.165) is 17.7 Å². The number of para-hydroxylation sites is 1. The maximum Gasteiger partial charge on any atom is 0.276 e. The van der Waals surface area contributed by atoms with Crippen LogP contribution in [-0.2, 0) is 4.79 Å². The molecule has 0 saturated heterocycles. The van der Waals surface area contributed by atoms with Gasteiger partial charge in [0.15, 0.2) is 11.3 Å². The van der Waals surface area contributed by atoms with E-state index in [0.29, 0.717) is 21.4 Å². The van der Waals surface area contributed by atoms with E-state index in [1.54, 1.807) is 17.1 Å². The van der Waals surface area contributed by atoms with Crippen LogP contribution in [0.3, 0.4) is 0 Å². The predicted octanol–water partition coefficient (Wildman–Crippen LogP) is 1.88. The first kappa shape index (κ1) is 18.2. The van der Waals surface area contributed by atoms with Crippen LogP contribution in [0.2, 0.25) is 0 Å². The van der Waals surface area contributed by atoms with Crippen molar-refractivity contribution >= 4 is 34.2 Å². The number of rotatable bonds is 4. The third-order valence-electron chi connectivity index (χ3n) is 4.36. The zero-order valence-electron chi connectivity index (χ0n) is 15.0. The highest BCUT2D eigenvalue weighted by molar-refractivity contribution is 8.13. The minimum atomic E-state index is -0.575. The second-order valence-electron chi connectivity index (χ2n) is 6.27. The zero-order valence-corrected chi connectivity index (χ0v) is 15.8. The number of nitrogens with zero attached hydrogens (tertiary/aromatic N) is 4. The number of carbonyl (C=O) groups is 1. The minimum Gasteiger partial charge on any atom is -0.298 e. The summed E-state index contributed by atoms with van der Waals surface area (Å²) in [6, 6.07) is 13.6. The molecule has 2 aliphatic rings. The fourth-order valence-electron chi connectivity index (χ4n) is 3.08. The van der Waals surface area contributed by atoms with Crippen LogP contribution >= 0.6 is 11.8 Å². The van der Waals surface area contributed by atoms with E-state index < -0.39 is 11.1 Å². The lowest BCUT2D eigenvalue weighted by Gasteiger charge is -2.34. The summed E-state index contributed by atoms with van der Waals surface area (Å²) in [5, 5.41) is 22.0. The molecule has 0 aromatic heterocycles. The van der Waals surface area contributed by atoms with Gasteiger partial charge in [-0.2, -0.15) is 0 Å². The summed E-state index contributed by atoms with van der Waals surface area (Å²) in [6.07, 6.45) is 0.378. The normalized spacial score (nSPS) is 17.8. The van der Waals surface area contributed by atoms with Crippen molar-refractivity contribution in [1.29, 1.82) is 0 Å². The maximum atomic E-state index is 12.9. The molecule has 0 radical (unpaired) electrons. The first-order valence-electron chi connectivity index (χ1n) is 8.82. The van der Waals surface area contributed by atoms with Crippen molar-refractivity contribution in [1.82, 2.24) is 10.3 Å². The molecule has 4 rings (SSSR count). The van der Waals surface area contributed by atoms with Crippen molar-refractivity contribution in [2.75, 3.05) is 5.75 Å². The van der Waals surface area contributed by atoms with E-state index >= 15 is 0 Å². The summed E-state index contributed by atoms with van der Waals surface area (Å²) in [6.45, 7) is 2.06. The number of nitro benzene ring substituents is 1. The van der Waals surface area contributed by atoms with Crippen LogP contribution in [0.1, 0.15) is 25.1 Å². The van der Waals surface area contributed by atoms with E-state index in [9.17, 15) is 14.9 Å². The number of amides is 1. The van der Waals surface area contributed by atoms with Gasteiger partial charge in [-0.05, 0) is 30.2 Å². The summed E-state index contributed by atoms with van der Waals surface area (Å²) in [5.41, 5.74) is 1.15. The SMILES string of the molecule is CCCSC1=NN2C(=c3ccccc3=N[C@@H]2c2ccc([N+](=O)[O-])cc2)C(=O)N1. The molecule has 1 N–H and O–H groups in total. The van der Waals surface area contributed by atoms with Gasteiger partial charge in [0.05, 0.1) is 10.3 Å². The molecule has 8 nitrogen and oxygen atoms in total. The summed E-state index contributed by atoms with van der Waals surface area (Å²) in [7, 11) is 0. The highest BCUT2D eigenvalue weighted by Crippen LogP contribution is 2.31. The van der Waals surface area contributed by atoms with Gasteiger partial charge < -0.3 is 0 Å². The monoisotopic (exact) mass is 395 g/mol. The average molecular weight is 395 g/mol. The Morgan fingerprint density at radius 2 is 1.96 bits per heavy atom. The lowest BCUT2D eigenvalue weighted by Crippen LogP contribution is -2.50. The predicted molar refractivity (Wildman–Crippen MR) is 107 cm³/mol. The number of carbonyl (C=O) groups excluding carboxylic acids is 1. The van der Waals surface area contributed by atoms with Gasteiger partial charge in [-0.15, -0.1) is 5.10 Å². The number of hydrogen-bond donors (Lipinski definition) is 1. The average Bonchev–Trinajstić information content (AvgIpc) is 2.71. The van der Waals surface area contributed by atoms with Crippen molar-refractivity contribution in [3.8, 4) is 0 Å². The molecule has 2 aliphatic heterocycles. The van der Waals surface area contributed by atoms with Crippen LogP contribution in [0, 0.1) is 10.1 Å². The summed E-state index contributed by atoms with van der Waals surface area (Å²) in [5.74, 6) is 0.598. The smallest absolute Gasteiger partial charge is 0.276 e. The molecule has 0 saturated carbocycles. The number of nitro groups is 1. The molecular formula is C19H17N5O3S. The van der Waals surface area contributed by atoms with Gasteiger partial charge in [0, 0.05) is 23.1 Å². The van der Waals surface area contributed by atoms with Gasteiger partial charge >= 0.3 is 0 Å². The second kappa shape index (κ2) is 7.43. The molecule has 0 unspecified atom stereocenters. The molecule has 2 heterocycles. The van der Waals surface area contributed by atoms with Crippen LogP contribution in [-0.4, -0.2) is 26.8 Å². The van der Waals surface area contributed by atoms with E-state index in [1.165, 1.54) is 23.9 Å². The molecular weight excluding hydrogens is 378 g/mol. The van der Waals surface area contributed by atoms with Gasteiger partial charge in [-0.1, -0.05) is 36.9 Å². The fourth-order valence-corrected chi connectivity index (χ4v) is 3.78.